The van der Waals surface area contributed by atoms with Gasteiger partial charge in [0.15, 0.2) is 0 Å². The number of carbonyl (C=O) groups excluding carboxylic acids is 2. The lowest BCUT2D eigenvalue weighted by Crippen LogP contribution is -2.54. The fourth-order valence-electron chi connectivity index (χ4n) is 1.44. The molecule has 0 atom stereocenters. The first-order valence-electron chi connectivity index (χ1n) is 5.86. The van der Waals surface area contributed by atoms with E-state index in [0.29, 0.717) is 11.3 Å². The third-order valence-corrected chi connectivity index (χ3v) is 2.76. The summed E-state index contributed by atoms with van der Waals surface area (Å²) in [5.41, 5.74) is 5.14. The number of primary amides is 1. The normalized spacial score (nSPS) is 10.8. The molecule has 0 radical (unpaired) electrons. The van der Waals surface area contributed by atoms with Gasteiger partial charge in [-0.05, 0) is 44.5 Å². The highest BCUT2D eigenvalue weighted by Crippen LogP contribution is 2.16. The van der Waals surface area contributed by atoms with Crippen molar-refractivity contribution in [3.8, 4) is 0 Å². The third kappa shape index (κ3) is 3.71. The number of carbonyl (C=O) groups is 3. The molecular formula is C13H17N3O4. The predicted octanol–water partition coefficient (Wildman–Crippen LogP) is 1.08. The quantitative estimate of drug-likeness (QED) is 0.658. The second kappa shape index (κ2) is 5.60. The summed E-state index contributed by atoms with van der Waals surface area (Å²) in [5.74, 6) is -1.70. The lowest BCUT2D eigenvalue weighted by molar-refractivity contribution is -0.122. The Balaban J connectivity index is 2.82. The van der Waals surface area contributed by atoms with Crippen LogP contribution in [0.3, 0.4) is 0 Å². The van der Waals surface area contributed by atoms with Crippen LogP contribution < -0.4 is 16.4 Å². The molecule has 0 heterocycles. The maximum atomic E-state index is 11.8. The van der Waals surface area contributed by atoms with Crippen LogP contribution in [0, 0.1) is 6.92 Å². The van der Waals surface area contributed by atoms with Crippen LogP contribution in [0.5, 0.6) is 0 Å². The first kappa shape index (κ1) is 15.5. The van der Waals surface area contributed by atoms with Gasteiger partial charge < -0.3 is 21.5 Å². The van der Waals surface area contributed by atoms with Crippen LogP contribution in [-0.2, 0) is 4.79 Å². The van der Waals surface area contributed by atoms with E-state index >= 15 is 0 Å². The van der Waals surface area contributed by atoms with Crippen LogP contribution in [0.2, 0.25) is 0 Å². The molecule has 1 aromatic carbocycles. The van der Waals surface area contributed by atoms with Crippen molar-refractivity contribution in [3.05, 3.63) is 29.3 Å². The Morgan fingerprint density at radius 1 is 1.25 bits per heavy atom. The van der Waals surface area contributed by atoms with E-state index in [0.717, 1.165) is 0 Å². The van der Waals surface area contributed by atoms with Gasteiger partial charge in [-0.15, -0.1) is 0 Å². The molecule has 108 valence electrons. The Bertz CT molecular complexity index is 567. The molecule has 1 rings (SSSR count). The Morgan fingerprint density at radius 3 is 2.30 bits per heavy atom. The highest BCUT2D eigenvalue weighted by Gasteiger charge is 2.26. The van der Waals surface area contributed by atoms with Crippen LogP contribution in [0.1, 0.15) is 29.8 Å². The van der Waals surface area contributed by atoms with Gasteiger partial charge in [0.25, 0.3) is 0 Å². The van der Waals surface area contributed by atoms with E-state index in [1.165, 1.54) is 32.0 Å². The van der Waals surface area contributed by atoms with Crippen LogP contribution in [-0.4, -0.2) is 28.6 Å². The second-order valence-electron chi connectivity index (χ2n) is 4.90. The van der Waals surface area contributed by atoms with Crippen molar-refractivity contribution in [2.75, 3.05) is 5.32 Å². The van der Waals surface area contributed by atoms with E-state index in [1.54, 1.807) is 6.92 Å². The summed E-state index contributed by atoms with van der Waals surface area (Å²) in [6.07, 6.45) is 0. The standard InChI is InChI=1S/C13H17N3O4/c1-7-6-8(10(17)18)4-5-9(7)15-12(20)16-13(2,3)11(14)19/h4-6H,1-3H3,(H2,14,19)(H,17,18)(H2,15,16,20). The van der Waals surface area contributed by atoms with Crippen LogP contribution in [0.25, 0.3) is 0 Å². The van der Waals surface area contributed by atoms with Crippen molar-refractivity contribution in [2.24, 2.45) is 5.73 Å². The van der Waals surface area contributed by atoms with Gasteiger partial charge in [-0.3, -0.25) is 4.79 Å². The molecule has 0 aliphatic carbocycles. The smallest absolute Gasteiger partial charge is 0.335 e. The van der Waals surface area contributed by atoms with E-state index < -0.39 is 23.4 Å². The number of amides is 3. The van der Waals surface area contributed by atoms with Crippen molar-refractivity contribution in [2.45, 2.75) is 26.3 Å². The monoisotopic (exact) mass is 279 g/mol. The van der Waals surface area contributed by atoms with Crippen molar-refractivity contribution in [1.29, 1.82) is 0 Å². The molecule has 20 heavy (non-hydrogen) atoms. The van der Waals surface area contributed by atoms with Crippen molar-refractivity contribution < 1.29 is 19.5 Å². The highest BCUT2D eigenvalue weighted by molar-refractivity contribution is 5.96. The average Bonchev–Trinajstić information content (AvgIpc) is 2.30. The number of aryl methyl sites for hydroxylation is 1. The summed E-state index contributed by atoms with van der Waals surface area (Å²) in [7, 11) is 0. The van der Waals surface area contributed by atoms with Gasteiger partial charge in [0.2, 0.25) is 5.91 Å². The van der Waals surface area contributed by atoms with Gasteiger partial charge in [0.1, 0.15) is 5.54 Å². The largest absolute Gasteiger partial charge is 0.478 e. The minimum absolute atomic E-state index is 0.130. The average molecular weight is 279 g/mol. The Morgan fingerprint density at radius 2 is 1.85 bits per heavy atom. The second-order valence-corrected chi connectivity index (χ2v) is 4.90. The maximum absolute atomic E-state index is 11.8. The first-order chi connectivity index (χ1) is 9.13. The van der Waals surface area contributed by atoms with Gasteiger partial charge in [-0.1, -0.05) is 0 Å². The topological polar surface area (TPSA) is 122 Å². The molecule has 0 saturated carbocycles. The van der Waals surface area contributed by atoms with Crippen molar-refractivity contribution in [3.63, 3.8) is 0 Å². The molecule has 0 aromatic heterocycles. The molecular weight excluding hydrogens is 262 g/mol. The number of hydrogen-bond donors (Lipinski definition) is 4. The van der Waals surface area contributed by atoms with E-state index in [2.05, 4.69) is 10.6 Å². The number of carboxylic acid groups (broad SMARTS) is 1. The zero-order valence-corrected chi connectivity index (χ0v) is 11.5. The van der Waals surface area contributed by atoms with Gasteiger partial charge in [-0.25, -0.2) is 9.59 Å². The molecule has 3 amide bonds. The molecule has 7 nitrogen and oxygen atoms in total. The summed E-state index contributed by atoms with van der Waals surface area (Å²) in [6.45, 7) is 4.63. The number of hydrogen-bond acceptors (Lipinski definition) is 3. The fourth-order valence-corrected chi connectivity index (χ4v) is 1.44. The molecule has 0 unspecified atom stereocenters. The molecule has 7 heteroatoms. The molecule has 0 spiro atoms. The van der Waals surface area contributed by atoms with E-state index in [1.807, 2.05) is 0 Å². The Hall–Kier alpha value is -2.57. The summed E-state index contributed by atoms with van der Waals surface area (Å²) in [5, 5.41) is 13.8. The number of urea groups is 1. The number of benzene rings is 1. The van der Waals surface area contributed by atoms with Crippen LogP contribution >= 0.6 is 0 Å². The SMILES string of the molecule is Cc1cc(C(=O)O)ccc1NC(=O)NC(C)(C)C(N)=O. The van der Waals surface area contributed by atoms with Crippen molar-refractivity contribution in [1.82, 2.24) is 5.32 Å². The summed E-state index contributed by atoms with van der Waals surface area (Å²) in [6, 6.07) is 3.71. The Labute approximate surface area is 116 Å². The molecule has 0 saturated heterocycles. The number of rotatable bonds is 4. The van der Waals surface area contributed by atoms with Gasteiger partial charge in [-0.2, -0.15) is 0 Å². The zero-order chi connectivity index (χ0) is 15.5. The summed E-state index contributed by atoms with van der Waals surface area (Å²) >= 11 is 0. The highest BCUT2D eigenvalue weighted by atomic mass is 16.4. The summed E-state index contributed by atoms with van der Waals surface area (Å²) in [4.78, 5) is 33.7. The molecule has 0 aliphatic rings. The lowest BCUT2D eigenvalue weighted by Gasteiger charge is -2.22. The summed E-state index contributed by atoms with van der Waals surface area (Å²) < 4.78 is 0. The Kier molecular flexibility index (Phi) is 4.34. The molecule has 0 fully saturated rings. The van der Waals surface area contributed by atoms with E-state index in [4.69, 9.17) is 10.8 Å². The minimum atomic E-state index is -1.18. The fraction of sp³-hybridized carbons (Fsp3) is 0.308. The van der Waals surface area contributed by atoms with E-state index in [-0.39, 0.29) is 5.56 Å². The lowest BCUT2D eigenvalue weighted by atomic mass is 10.1. The maximum Gasteiger partial charge on any atom is 0.335 e. The van der Waals surface area contributed by atoms with Crippen LogP contribution in [0.4, 0.5) is 10.5 Å². The third-order valence-electron chi connectivity index (χ3n) is 2.76. The van der Waals surface area contributed by atoms with Gasteiger partial charge in [0.05, 0.1) is 5.56 Å². The first-order valence-corrected chi connectivity index (χ1v) is 5.86. The molecule has 5 N–H and O–H groups in total. The minimum Gasteiger partial charge on any atom is -0.478 e. The number of nitrogens with two attached hydrogens (primary N) is 1. The van der Waals surface area contributed by atoms with Gasteiger partial charge >= 0.3 is 12.0 Å². The number of carboxylic acids is 1. The molecule has 0 aliphatic heterocycles. The van der Waals surface area contributed by atoms with Gasteiger partial charge in [0, 0.05) is 5.69 Å². The molecule has 1 aromatic rings. The van der Waals surface area contributed by atoms with E-state index in [9.17, 15) is 14.4 Å². The number of nitrogens with one attached hydrogen (secondary N) is 2. The number of anilines is 1. The zero-order valence-electron chi connectivity index (χ0n) is 11.5. The predicted molar refractivity (Wildman–Crippen MR) is 73.6 cm³/mol. The van der Waals surface area contributed by atoms with Crippen LogP contribution in [0.15, 0.2) is 18.2 Å². The molecule has 0 bridgehead atoms. The van der Waals surface area contributed by atoms with Crippen molar-refractivity contribution >= 4 is 23.6 Å². The number of aromatic carboxylic acids is 1.